The predicted molar refractivity (Wildman–Crippen MR) is 96.4 cm³/mol. The molecule has 0 spiro atoms. The van der Waals surface area contributed by atoms with Crippen molar-refractivity contribution in [2.45, 2.75) is 19.1 Å². The van der Waals surface area contributed by atoms with Crippen molar-refractivity contribution >= 4 is 17.5 Å². The second kappa shape index (κ2) is 7.44. The lowest BCUT2D eigenvalue weighted by Gasteiger charge is -2.16. The third-order valence-electron chi connectivity index (χ3n) is 4.08. The summed E-state index contributed by atoms with van der Waals surface area (Å²) in [6.07, 6.45) is -3.07. The first-order valence-electron chi connectivity index (χ1n) is 8.03. The van der Waals surface area contributed by atoms with Crippen molar-refractivity contribution in [2.75, 3.05) is 0 Å². The molecular formula is C19H15ClF3N3O. The molecule has 0 radical (unpaired) electrons. The van der Waals surface area contributed by atoms with Gasteiger partial charge in [0.25, 0.3) is 5.91 Å². The van der Waals surface area contributed by atoms with Gasteiger partial charge in [0.05, 0.1) is 29.1 Å². The molecule has 27 heavy (non-hydrogen) atoms. The van der Waals surface area contributed by atoms with E-state index in [4.69, 9.17) is 11.6 Å². The number of alkyl halides is 3. The molecule has 140 valence electrons. The number of nitrogens with zero attached hydrogens (tertiary/aromatic N) is 1. The van der Waals surface area contributed by atoms with Crippen molar-refractivity contribution < 1.29 is 18.0 Å². The molecule has 1 amide bonds. The highest BCUT2D eigenvalue weighted by atomic mass is 35.5. The molecule has 3 rings (SSSR count). The molecule has 0 aliphatic rings. The van der Waals surface area contributed by atoms with Crippen molar-refractivity contribution in [3.63, 3.8) is 0 Å². The van der Waals surface area contributed by atoms with Gasteiger partial charge in [0.1, 0.15) is 0 Å². The molecule has 0 unspecified atom stereocenters. The summed E-state index contributed by atoms with van der Waals surface area (Å²) in [6, 6.07) is 11.1. The van der Waals surface area contributed by atoms with Gasteiger partial charge in [0.2, 0.25) is 0 Å². The van der Waals surface area contributed by atoms with Crippen LogP contribution in [0.1, 0.15) is 34.5 Å². The molecule has 1 atom stereocenters. The van der Waals surface area contributed by atoms with Gasteiger partial charge in [-0.15, -0.1) is 0 Å². The van der Waals surface area contributed by atoms with E-state index in [1.54, 1.807) is 31.2 Å². The maximum absolute atomic E-state index is 12.9. The van der Waals surface area contributed by atoms with Gasteiger partial charge < -0.3 is 5.32 Å². The fraction of sp³-hybridized carbons (Fsp3) is 0.158. The van der Waals surface area contributed by atoms with Gasteiger partial charge in [-0.2, -0.15) is 18.3 Å². The Morgan fingerprint density at radius 1 is 1.19 bits per heavy atom. The molecule has 0 fully saturated rings. The summed E-state index contributed by atoms with van der Waals surface area (Å²) in [4.78, 5) is 12.6. The number of hydrogen-bond acceptors (Lipinski definition) is 2. The van der Waals surface area contributed by atoms with Crippen LogP contribution in [0.5, 0.6) is 0 Å². The SMILES string of the molecule is C[C@@H](NC(=O)c1cn[nH]c1-c1ccc(Cl)cc1)c1cccc(C(F)(F)F)c1. The van der Waals surface area contributed by atoms with E-state index >= 15 is 0 Å². The van der Waals surface area contributed by atoms with E-state index in [-0.39, 0.29) is 5.56 Å². The van der Waals surface area contributed by atoms with Crippen LogP contribution in [0, 0.1) is 0 Å². The van der Waals surface area contributed by atoms with Crippen LogP contribution in [0.2, 0.25) is 5.02 Å². The van der Waals surface area contributed by atoms with E-state index in [1.807, 2.05) is 0 Å². The van der Waals surface area contributed by atoms with Gasteiger partial charge in [-0.3, -0.25) is 9.89 Å². The zero-order valence-electron chi connectivity index (χ0n) is 14.1. The van der Waals surface area contributed by atoms with E-state index in [1.165, 1.54) is 18.3 Å². The van der Waals surface area contributed by atoms with Crippen molar-refractivity contribution in [1.29, 1.82) is 0 Å². The maximum Gasteiger partial charge on any atom is 0.416 e. The summed E-state index contributed by atoms with van der Waals surface area (Å²) in [6.45, 7) is 1.62. The monoisotopic (exact) mass is 393 g/mol. The Kier molecular flexibility index (Phi) is 5.23. The Morgan fingerprint density at radius 3 is 2.56 bits per heavy atom. The average molecular weight is 394 g/mol. The zero-order valence-corrected chi connectivity index (χ0v) is 14.9. The van der Waals surface area contributed by atoms with Crippen molar-refractivity contribution in [3.8, 4) is 11.3 Å². The number of H-pyrrole nitrogens is 1. The molecule has 0 saturated heterocycles. The highest BCUT2D eigenvalue weighted by Gasteiger charge is 2.30. The second-order valence-corrected chi connectivity index (χ2v) is 6.42. The number of nitrogens with one attached hydrogen (secondary N) is 2. The van der Waals surface area contributed by atoms with Crippen LogP contribution in [0.15, 0.2) is 54.7 Å². The van der Waals surface area contributed by atoms with E-state index in [9.17, 15) is 18.0 Å². The first-order valence-corrected chi connectivity index (χ1v) is 8.41. The number of amides is 1. The highest BCUT2D eigenvalue weighted by molar-refractivity contribution is 6.30. The molecule has 2 aromatic carbocycles. The minimum Gasteiger partial charge on any atom is -0.345 e. The van der Waals surface area contributed by atoms with Gasteiger partial charge in [-0.25, -0.2) is 0 Å². The number of aromatic amines is 1. The third kappa shape index (κ3) is 4.31. The molecule has 0 aliphatic carbocycles. The molecule has 4 nitrogen and oxygen atoms in total. The van der Waals surface area contributed by atoms with E-state index in [0.717, 1.165) is 12.1 Å². The molecule has 3 aromatic rings. The molecule has 0 aliphatic heterocycles. The number of rotatable bonds is 4. The van der Waals surface area contributed by atoms with E-state index < -0.39 is 23.7 Å². The van der Waals surface area contributed by atoms with Crippen LogP contribution in [0.4, 0.5) is 13.2 Å². The second-order valence-electron chi connectivity index (χ2n) is 5.98. The normalized spacial score (nSPS) is 12.6. The lowest BCUT2D eigenvalue weighted by atomic mass is 10.0. The molecular weight excluding hydrogens is 379 g/mol. The topological polar surface area (TPSA) is 57.8 Å². The number of hydrogen-bond donors (Lipinski definition) is 2. The maximum atomic E-state index is 12.9. The lowest BCUT2D eigenvalue weighted by Crippen LogP contribution is -2.27. The molecule has 1 heterocycles. The van der Waals surface area contributed by atoms with Crippen molar-refractivity contribution in [1.82, 2.24) is 15.5 Å². The average Bonchev–Trinajstić information content (AvgIpc) is 3.11. The third-order valence-corrected chi connectivity index (χ3v) is 4.33. The van der Waals surface area contributed by atoms with E-state index in [0.29, 0.717) is 21.8 Å². The minimum atomic E-state index is -4.44. The fourth-order valence-electron chi connectivity index (χ4n) is 2.64. The number of aromatic nitrogens is 2. The zero-order chi connectivity index (χ0) is 19.6. The Hall–Kier alpha value is -2.80. The lowest BCUT2D eigenvalue weighted by molar-refractivity contribution is -0.137. The Labute approximate surface area is 158 Å². The molecule has 2 N–H and O–H groups in total. The number of benzene rings is 2. The van der Waals surface area contributed by atoms with Crippen LogP contribution >= 0.6 is 11.6 Å². The van der Waals surface area contributed by atoms with Crippen molar-refractivity contribution in [3.05, 3.63) is 76.4 Å². The van der Waals surface area contributed by atoms with Crippen LogP contribution < -0.4 is 5.32 Å². The molecule has 1 aromatic heterocycles. The van der Waals surface area contributed by atoms with Gasteiger partial charge in [-0.1, -0.05) is 35.9 Å². The van der Waals surface area contributed by atoms with Gasteiger partial charge >= 0.3 is 6.18 Å². The molecule has 8 heteroatoms. The minimum absolute atomic E-state index is 0.288. The number of halogens is 4. The smallest absolute Gasteiger partial charge is 0.345 e. The molecule has 0 bridgehead atoms. The van der Waals surface area contributed by atoms with Gasteiger partial charge in [0.15, 0.2) is 0 Å². The fourth-order valence-corrected chi connectivity index (χ4v) is 2.76. The Bertz CT molecular complexity index is 951. The molecule has 0 saturated carbocycles. The summed E-state index contributed by atoms with van der Waals surface area (Å²) < 4.78 is 38.6. The summed E-state index contributed by atoms with van der Waals surface area (Å²) in [7, 11) is 0. The van der Waals surface area contributed by atoms with Crippen molar-refractivity contribution in [2.24, 2.45) is 0 Å². The van der Waals surface area contributed by atoms with E-state index in [2.05, 4.69) is 15.5 Å². The quantitative estimate of drug-likeness (QED) is 0.636. The van der Waals surface area contributed by atoms with Gasteiger partial charge in [0, 0.05) is 10.6 Å². The summed E-state index contributed by atoms with van der Waals surface area (Å²) >= 11 is 5.87. The Balaban J connectivity index is 1.80. The Morgan fingerprint density at radius 2 is 1.89 bits per heavy atom. The summed E-state index contributed by atoms with van der Waals surface area (Å²) in [5.74, 6) is -0.446. The first-order chi connectivity index (χ1) is 12.8. The standard InChI is InChI=1S/C19H15ClF3N3O/c1-11(13-3-2-4-14(9-13)19(21,22)23)25-18(27)16-10-24-26-17(16)12-5-7-15(20)8-6-12/h2-11H,1H3,(H,24,26)(H,25,27)/t11-/m1/s1. The van der Waals surface area contributed by atoms with Crippen LogP contribution in [-0.4, -0.2) is 16.1 Å². The first kappa shape index (κ1) is 19.0. The largest absolute Gasteiger partial charge is 0.416 e. The van der Waals surface area contributed by atoms with Gasteiger partial charge in [-0.05, 0) is 36.8 Å². The highest BCUT2D eigenvalue weighted by Crippen LogP contribution is 2.31. The predicted octanol–water partition coefficient (Wildman–Crippen LogP) is 5.24. The van der Waals surface area contributed by atoms with Crippen LogP contribution in [-0.2, 0) is 6.18 Å². The number of carbonyl (C=O) groups excluding carboxylic acids is 1. The van der Waals surface area contributed by atoms with Crippen LogP contribution in [0.25, 0.3) is 11.3 Å². The summed E-state index contributed by atoms with van der Waals surface area (Å²) in [5.41, 5.74) is 1.10. The number of carbonyl (C=O) groups is 1. The summed E-state index contributed by atoms with van der Waals surface area (Å²) in [5, 5.41) is 9.93. The van der Waals surface area contributed by atoms with Crippen LogP contribution in [0.3, 0.4) is 0 Å².